The van der Waals surface area contributed by atoms with E-state index in [1.165, 1.54) is 4.90 Å². The van der Waals surface area contributed by atoms with Gasteiger partial charge in [-0.2, -0.15) is 0 Å². The molecule has 1 rings (SSSR count). The molecular weight excluding hydrogens is 212 g/mol. The van der Waals surface area contributed by atoms with E-state index in [9.17, 15) is 9.59 Å². The molecule has 0 bridgehead atoms. The number of hydrogen-bond donors (Lipinski definition) is 2. The molecule has 1 amide bonds. The Morgan fingerprint density at radius 3 is 2.62 bits per heavy atom. The van der Waals surface area contributed by atoms with E-state index in [4.69, 9.17) is 15.6 Å². The van der Waals surface area contributed by atoms with Gasteiger partial charge in [0, 0.05) is 6.54 Å². The summed E-state index contributed by atoms with van der Waals surface area (Å²) in [6, 6.07) is -1.02. The Balaban J connectivity index is 2.79. The maximum absolute atomic E-state index is 11.8. The molecule has 1 heterocycles. The smallest absolute Gasteiger partial charge is 0.311 e. The third-order valence-electron chi connectivity index (χ3n) is 2.78. The third kappa shape index (κ3) is 2.51. The predicted molar refractivity (Wildman–Crippen MR) is 56.8 cm³/mol. The maximum Gasteiger partial charge on any atom is 0.311 e. The van der Waals surface area contributed by atoms with Crippen molar-refractivity contribution in [3.8, 4) is 0 Å². The third-order valence-corrected chi connectivity index (χ3v) is 2.78. The highest BCUT2D eigenvalue weighted by atomic mass is 16.5. The van der Waals surface area contributed by atoms with Gasteiger partial charge in [0.1, 0.15) is 5.92 Å². The van der Waals surface area contributed by atoms with Crippen LogP contribution >= 0.6 is 0 Å². The quantitative estimate of drug-likeness (QED) is 0.665. The highest BCUT2D eigenvalue weighted by molar-refractivity contribution is 5.82. The standard InChI is InChI=1S/C10H18N2O4/c1-3-12(9(13)6(2)11)8-5-16-4-7(8)10(14)15/h6-8H,3-5,11H2,1-2H3,(H,14,15). The van der Waals surface area contributed by atoms with Crippen molar-refractivity contribution in [2.75, 3.05) is 19.8 Å². The van der Waals surface area contributed by atoms with Gasteiger partial charge in [0.25, 0.3) is 0 Å². The van der Waals surface area contributed by atoms with Gasteiger partial charge in [0.15, 0.2) is 0 Å². The Hall–Kier alpha value is -1.14. The Morgan fingerprint density at radius 2 is 2.19 bits per heavy atom. The molecule has 1 fully saturated rings. The zero-order valence-corrected chi connectivity index (χ0v) is 9.55. The summed E-state index contributed by atoms with van der Waals surface area (Å²) in [4.78, 5) is 24.3. The molecule has 6 nitrogen and oxygen atoms in total. The minimum absolute atomic E-state index is 0.155. The number of carboxylic acid groups (broad SMARTS) is 1. The van der Waals surface area contributed by atoms with Gasteiger partial charge < -0.3 is 20.5 Å². The molecule has 0 radical (unpaired) electrons. The number of carboxylic acids is 1. The van der Waals surface area contributed by atoms with Crippen LogP contribution in [-0.2, 0) is 14.3 Å². The first-order valence-electron chi connectivity index (χ1n) is 5.35. The second-order valence-electron chi connectivity index (χ2n) is 3.96. The van der Waals surface area contributed by atoms with Crippen molar-refractivity contribution in [2.24, 2.45) is 11.7 Å². The second kappa shape index (κ2) is 5.27. The number of likely N-dealkylation sites (N-methyl/N-ethyl adjacent to an activating group) is 1. The first-order valence-corrected chi connectivity index (χ1v) is 5.35. The van der Waals surface area contributed by atoms with Gasteiger partial charge in [-0.3, -0.25) is 9.59 Å². The molecule has 3 atom stereocenters. The molecule has 0 aliphatic carbocycles. The Bertz CT molecular complexity index is 280. The highest BCUT2D eigenvalue weighted by Gasteiger charge is 2.39. The van der Waals surface area contributed by atoms with Crippen molar-refractivity contribution in [3.05, 3.63) is 0 Å². The monoisotopic (exact) mass is 230 g/mol. The van der Waals surface area contributed by atoms with Crippen LogP contribution in [0.25, 0.3) is 0 Å². The maximum atomic E-state index is 11.8. The molecule has 0 saturated carbocycles. The van der Waals surface area contributed by atoms with Crippen LogP contribution in [0.5, 0.6) is 0 Å². The van der Waals surface area contributed by atoms with Crippen LogP contribution in [0.3, 0.4) is 0 Å². The lowest BCUT2D eigenvalue weighted by atomic mass is 10.0. The molecule has 6 heteroatoms. The van der Waals surface area contributed by atoms with Crippen molar-refractivity contribution in [2.45, 2.75) is 25.9 Å². The molecule has 92 valence electrons. The van der Waals surface area contributed by atoms with Gasteiger partial charge in [0.05, 0.1) is 25.3 Å². The summed E-state index contributed by atoms with van der Waals surface area (Å²) in [6.45, 7) is 4.26. The molecule has 0 aromatic rings. The number of nitrogens with two attached hydrogens (primary N) is 1. The van der Waals surface area contributed by atoms with E-state index in [2.05, 4.69) is 0 Å². The first-order chi connectivity index (χ1) is 7.49. The SMILES string of the molecule is CCN(C(=O)C(C)N)C1COCC1C(=O)O. The van der Waals surface area contributed by atoms with E-state index < -0.39 is 24.0 Å². The lowest BCUT2D eigenvalue weighted by molar-refractivity contribution is -0.145. The Kier molecular flexibility index (Phi) is 4.26. The van der Waals surface area contributed by atoms with E-state index >= 15 is 0 Å². The number of hydrogen-bond acceptors (Lipinski definition) is 4. The van der Waals surface area contributed by atoms with Gasteiger partial charge in [-0.25, -0.2) is 0 Å². The largest absolute Gasteiger partial charge is 0.481 e. The van der Waals surface area contributed by atoms with Gasteiger partial charge >= 0.3 is 5.97 Å². The van der Waals surface area contributed by atoms with Crippen molar-refractivity contribution in [3.63, 3.8) is 0 Å². The van der Waals surface area contributed by atoms with Crippen LogP contribution in [-0.4, -0.2) is 53.7 Å². The van der Waals surface area contributed by atoms with Crippen molar-refractivity contribution in [1.29, 1.82) is 0 Å². The zero-order valence-electron chi connectivity index (χ0n) is 9.55. The van der Waals surface area contributed by atoms with Crippen molar-refractivity contribution in [1.82, 2.24) is 4.90 Å². The van der Waals surface area contributed by atoms with E-state index in [0.29, 0.717) is 6.54 Å². The van der Waals surface area contributed by atoms with Crippen LogP contribution < -0.4 is 5.73 Å². The lowest BCUT2D eigenvalue weighted by Crippen LogP contribution is -2.51. The molecule has 1 aliphatic rings. The normalized spacial score (nSPS) is 26.4. The summed E-state index contributed by atoms with van der Waals surface area (Å²) in [5.41, 5.74) is 5.52. The number of amides is 1. The summed E-state index contributed by atoms with van der Waals surface area (Å²) < 4.78 is 5.13. The van der Waals surface area contributed by atoms with Crippen LogP contribution in [0.2, 0.25) is 0 Å². The minimum Gasteiger partial charge on any atom is -0.481 e. The fourth-order valence-electron chi connectivity index (χ4n) is 1.90. The number of rotatable bonds is 4. The summed E-state index contributed by atoms with van der Waals surface area (Å²) in [5, 5.41) is 9.00. The number of carbonyl (C=O) groups is 2. The van der Waals surface area contributed by atoms with Gasteiger partial charge in [-0.1, -0.05) is 0 Å². The van der Waals surface area contributed by atoms with Gasteiger partial charge in [-0.05, 0) is 13.8 Å². The Labute approximate surface area is 94.3 Å². The number of carbonyl (C=O) groups excluding carboxylic acids is 1. The minimum atomic E-state index is -0.932. The second-order valence-corrected chi connectivity index (χ2v) is 3.96. The summed E-state index contributed by atoms with van der Waals surface area (Å²) in [5.74, 6) is -1.81. The van der Waals surface area contributed by atoms with E-state index in [0.717, 1.165) is 0 Å². The molecule has 16 heavy (non-hydrogen) atoms. The highest BCUT2D eigenvalue weighted by Crippen LogP contribution is 2.20. The lowest BCUT2D eigenvalue weighted by Gasteiger charge is -2.30. The molecule has 0 aromatic heterocycles. The van der Waals surface area contributed by atoms with Crippen molar-refractivity contribution >= 4 is 11.9 Å². The molecule has 3 unspecified atom stereocenters. The van der Waals surface area contributed by atoms with Gasteiger partial charge in [-0.15, -0.1) is 0 Å². The zero-order chi connectivity index (χ0) is 12.3. The topological polar surface area (TPSA) is 92.9 Å². The summed E-state index contributed by atoms with van der Waals surface area (Å²) in [7, 11) is 0. The average molecular weight is 230 g/mol. The van der Waals surface area contributed by atoms with Crippen LogP contribution in [0.15, 0.2) is 0 Å². The molecule has 1 aliphatic heterocycles. The fraction of sp³-hybridized carbons (Fsp3) is 0.800. The van der Waals surface area contributed by atoms with Crippen molar-refractivity contribution < 1.29 is 19.4 Å². The molecule has 1 saturated heterocycles. The molecular formula is C10H18N2O4. The molecule has 3 N–H and O–H groups in total. The first kappa shape index (κ1) is 12.9. The summed E-state index contributed by atoms with van der Waals surface area (Å²) in [6.07, 6.45) is 0. The van der Waals surface area contributed by atoms with E-state index in [-0.39, 0.29) is 19.1 Å². The van der Waals surface area contributed by atoms with Crippen LogP contribution in [0, 0.1) is 5.92 Å². The number of ether oxygens (including phenoxy) is 1. The molecule has 0 spiro atoms. The molecule has 0 aromatic carbocycles. The Morgan fingerprint density at radius 1 is 1.56 bits per heavy atom. The predicted octanol–water partition coefficient (Wildman–Crippen LogP) is -0.718. The number of aliphatic carboxylic acids is 1. The van der Waals surface area contributed by atoms with Crippen LogP contribution in [0.1, 0.15) is 13.8 Å². The average Bonchev–Trinajstić information content (AvgIpc) is 2.67. The summed E-state index contributed by atoms with van der Waals surface area (Å²) >= 11 is 0. The fourth-order valence-corrected chi connectivity index (χ4v) is 1.90. The number of nitrogens with zero attached hydrogens (tertiary/aromatic N) is 1. The van der Waals surface area contributed by atoms with E-state index in [1.54, 1.807) is 13.8 Å². The van der Waals surface area contributed by atoms with Gasteiger partial charge in [0.2, 0.25) is 5.91 Å². The van der Waals surface area contributed by atoms with E-state index in [1.807, 2.05) is 0 Å². The van der Waals surface area contributed by atoms with Crippen LogP contribution in [0.4, 0.5) is 0 Å².